The van der Waals surface area contributed by atoms with Gasteiger partial charge >= 0.3 is 0 Å². The molecule has 0 aliphatic carbocycles. The topological polar surface area (TPSA) is 43.7 Å². The number of hydrogen-bond acceptors (Lipinski definition) is 4. The Morgan fingerprint density at radius 2 is 2.25 bits per heavy atom. The van der Waals surface area contributed by atoms with Gasteiger partial charge in [0.2, 0.25) is 11.8 Å². The Morgan fingerprint density at radius 3 is 2.75 bits per heavy atom. The summed E-state index contributed by atoms with van der Waals surface area (Å²) in [5, 5.41) is 0. The average Bonchev–Trinajstić information content (AvgIpc) is 2.78. The first-order valence-electron chi connectivity index (χ1n) is 5.41. The molecule has 16 heavy (non-hydrogen) atoms. The van der Waals surface area contributed by atoms with E-state index in [1.807, 2.05) is 12.1 Å². The fourth-order valence-electron chi connectivity index (χ4n) is 1.52. The zero-order chi connectivity index (χ0) is 11.5. The second-order valence-electron chi connectivity index (χ2n) is 4.15. The van der Waals surface area contributed by atoms with Crippen molar-refractivity contribution >= 4 is 5.90 Å². The molecular weight excluding hydrogens is 204 g/mol. The van der Waals surface area contributed by atoms with Crippen LogP contribution in [0.3, 0.4) is 0 Å². The van der Waals surface area contributed by atoms with E-state index in [1.165, 1.54) is 0 Å². The van der Waals surface area contributed by atoms with Gasteiger partial charge in [0, 0.05) is 12.3 Å². The summed E-state index contributed by atoms with van der Waals surface area (Å²) >= 11 is 0. The molecule has 0 saturated heterocycles. The van der Waals surface area contributed by atoms with E-state index in [9.17, 15) is 0 Å². The highest BCUT2D eigenvalue weighted by Gasteiger charge is 2.22. The minimum absolute atomic E-state index is 0.261. The first kappa shape index (κ1) is 10.9. The van der Waals surface area contributed by atoms with E-state index in [-0.39, 0.29) is 6.04 Å². The van der Waals surface area contributed by atoms with Crippen molar-refractivity contribution in [2.24, 2.45) is 10.9 Å². The first-order valence-corrected chi connectivity index (χ1v) is 5.41. The van der Waals surface area contributed by atoms with Gasteiger partial charge in [-0.3, -0.25) is 0 Å². The van der Waals surface area contributed by atoms with Crippen LogP contribution in [0.15, 0.2) is 23.3 Å². The van der Waals surface area contributed by atoms with Gasteiger partial charge in [0.1, 0.15) is 6.61 Å². The molecule has 4 heteroatoms. The Hall–Kier alpha value is -1.58. The summed E-state index contributed by atoms with van der Waals surface area (Å²) in [4.78, 5) is 8.66. The molecule has 0 N–H and O–H groups in total. The SMILES string of the molecule is COc1ccc(C2=N[C@H](C(C)C)CO2)cn1. The van der Waals surface area contributed by atoms with Crippen LogP contribution in [-0.4, -0.2) is 30.6 Å². The molecule has 2 heterocycles. The maximum absolute atomic E-state index is 5.56. The van der Waals surface area contributed by atoms with Gasteiger partial charge in [-0.05, 0) is 12.0 Å². The summed E-state index contributed by atoms with van der Waals surface area (Å²) in [6.07, 6.45) is 1.72. The molecule has 86 valence electrons. The molecule has 1 aliphatic rings. The third kappa shape index (κ3) is 2.15. The summed E-state index contributed by atoms with van der Waals surface area (Å²) < 4.78 is 10.6. The van der Waals surface area contributed by atoms with E-state index in [0.29, 0.717) is 24.3 Å². The maximum atomic E-state index is 5.56. The number of aliphatic imine (C=N–C) groups is 1. The molecule has 4 nitrogen and oxygen atoms in total. The lowest BCUT2D eigenvalue weighted by molar-refractivity contribution is 0.291. The molecule has 0 radical (unpaired) electrons. The van der Waals surface area contributed by atoms with E-state index in [2.05, 4.69) is 23.8 Å². The first-order chi connectivity index (χ1) is 7.70. The standard InChI is InChI=1S/C12H16N2O2/c1-8(2)10-7-16-12(14-10)9-4-5-11(15-3)13-6-9/h4-6,8,10H,7H2,1-3H3/t10-/m0/s1. The molecule has 1 aliphatic heterocycles. The fourth-order valence-corrected chi connectivity index (χ4v) is 1.52. The number of methoxy groups -OCH3 is 1. The lowest BCUT2D eigenvalue weighted by Crippen LogP contribution is -2.13. The minimum Gasteiger partial charge on any atom is -0.481 e. The summed E-state index contributed by atoms with van der Waals surface area (Å²) in [7, 11) is 1.60. The summed E-state index contributed by atoms with van der Waals surface area (Å²) in [6.45, 7) is 4.96. The Labute approximate surface area is 95.3 Å². The van der Waals surface area contributed by atoms with Crippen LogP contribution in [0.25, 0.3) is 0 Å². The highest BCUT2D eigenvalue weighted by Crippen LogP contribution is 2.18. The van der Waals surface area contributed by atoms with Gasteiger partial charge in [-0.15, -0.1) is 0 Å². The molecule has 1 aromatic heterocycles. The number of nitrogens with zero attached hydrogens (tertiary/aromatic N) is 2. The van der Waals surface area contributed by atoms with Crippen molar-refractivity contribution in [2.75, 3.05) is 13.7 Å². The molecule has 0 unspecified atom stereocenters. The van der Waals surface area contributed by atoms with Crippen molar-refractivity contribution in [3.63, 3.8) is 0 Å². The number of hydrogen-bond donors (Lipinski definition) is 0. The zero-order valence-electron chi connectivity index (χ0n) is 9.80. The normalized spacial score (nSPS) is 19.5. The zero-order valence-corrected chi connectivity index (χ0v) is 9.80. The van der Waals surface area contributed by atoms with Gasteiger partial charge < -0.3 is 9.47 Å². The number of rotatable bonds is 3. The molecule has 2 rings (SSSR count). The monoisotopic (exact) mass is 220 g/mol. The second kappa shape index (κ2) is 4.51. The van der Waals surface area contributed by atoms with Crippen LogP contribution in [0, 0.1) is 5.92 Å². The average molecular weight is 220 g/mol. The molecule has 0 spiro atoms. The molecule has 0 aromatic carbocycles. The van der Waals surface area contributed by atoms with Crippen molar-refractivity contribution in [1.82, 2.24) is 4.98 Å². The van der Waals surface area contributed by atoms with E-state index in [0.717, 1.165) is 5.56 Å². The summed E-state index contributed by atoms with van der Waals surface area (Å²) in [6, 6.07) is 3.98. The van der Waals surface area contributed by atoms with Crippen molar-refractivity contribution in [3.8, 4) is 5.88 Å². The van der Waals surface area contributed by atoms with Crippen LogP contribution < -0.4 is 4.74 Å². The Morgan fingerprint density at radius 1 is 1.44 bits per heavy atom. The van der Waals surface area contributed by atoms with Crippen molar-refractivity contribution in [2.45, 2.75) is 19.9 Å². The van der Waals surface area contributed by atoms with Crippen LogP contribution in [0.5, 0.6) is 5.88 Å². The van der Waals surface area contributed by atoms with Gasteiger partial charge in [0.25, 0.3) is 0 Å². The second-order valence-corrected chi connectivity index (χ2v) is 4.15. The number of aromatic nitrogens is 1. The lowest BCUT2D eigenvalue weighted by atomic mass is 10.1. The molecule has 1 atom stereocenters. The van der Waals surface area contributed by atoms with Gasteiger partial charge in [0.15, 0.2) is 0 Å². The maximum Gasteiger partial charge on any atom is 0.218 e. The van der Waals surface area contributed by atoms with Crippen LogP contribution in [-0.2, 0) is 4.74 Å². The quantitative estimate of drug-likeness (QED) is 0.781. The highest BCUT2D eigenvalue weighted by atomic mass is 16.5. The van der Waals surface area contributed by atoms with Crippen LogP contribution in [0.1, 0.15) is 19.4 Å². The van der Waals surface area contributed by atoms with Gasteiger partial charge in [-0.25, -0.2) is 9.98 Å². The van der Waals surface area contributed by atoms with Crippen molar-refractivity contribution < 1.29 is 9.47 Å². The van der Waals surface area contributed by atoms with Crippen molar-refractivity contribution in [1.29, 1.82) is 0 Å². The Bertz CT molecular complexity index is 385. The molecule has 1 aromatic rings. The summed E-state index contributed by atoms with van der Waals surface area (Å²) in [5.74, 6) is 1.79. The predicted octanol–water partition coefficient (Wildman–Crippen LogP) is 1.89. The van der Waals surface area contributed by atoms with Crippen molar-refractivity contribution in [3.05, 3.63) is 23.9 Å². The van der Waals surface area contributed by atoms with Gasteiger partial charge in [-0.1, -0.05) is 13.8 Å². The molecule has 0 amide bonds. The third-order valence-electron chi connectivity index (χ3n) is 2.64. The smallest absolute Gasteiger partial charge is 0.218 e. The highest BCUT2D eigenvalue weighted by molar-refractivity contribution is 5.94. The Kier molecular flexibility index (Phi) is 3.08. The largest absolute Gasteiger partial charge is 0.481 e. The van der Waals surface area contributed by atoms with E-state index >= 15 is 0 Å². The summed E-state index contributed by atoms with van der Waals surface area (Å²) in [5.41, 5.74) is 0.906. The number of ether oxygens (including phenoxy) is 2. The molecular formula is C12H16N2O2. The predicted molar refractivity (Wildman–Crippen MR) is 61.9 cm³/mol. The van der Waals surface area contributed by atoms with E-state index < -0.39 is 0 Å². The van der Waals surface area contributed by atoms with Crippen LogP contribution >= 0.6 is 0 Å². The number of pyridine rings is 1. The lowest BCUT2D eigenvalue weighted by Gasteiger charge is -2.06. The third-order valence-corrected chi connectivity index (χ3v) is 2.64. The molecule has 0 bridgehead atoms. The van der Waals surface area contributed by atoms with Gasteiger partial charge in [0.05, 0.1) is 18.7 Å². The van der Waals surface area contributed by atoms with E-state index in [1.54, 1.807) is 13.3 Å². The van der Waals surface area contributed by atoms with Gasteiger partial charge in [-0.2, -0.15) is 0 Å². The van der Waals surface area contributed by atoms with Crippen LogP contribution in [0.4, 0.5) is 0 Å². The molecule has 0 saturated carbocycles. The molecule has 0 fully saturated rings. The minimum atomic E-state index is 0.261. The van der Waals surface area contributed by atoms with E-state index in [4.69, 9.17) is 9.47 Å². The van der Waals surface area contributed by atoms with Crippen LogP contribution in [0.2, 0.25) is 0 Å². The Balaban J connectivity index is 2.16. The fraction of sp³-hybridized carbons (Fsp3) is 0.500.